The molecule has 0 aliphatic heterocycles. The van der Waals surface area contributed by atoms with Crippen LogP contribution in [0.1, 0.15) is 117 Å². The van der Waals surface area contributed by atoms with Crippen LogP contribution in [-0.4, -0.2) is 11.3 Å². The van der Waals surface area contributed by atoms with E-state index >= 15 is 0 Å². The normalized spacial score (nSPS) is 12.3. The molecule has 0 spiro atoms. The van der Waals surface area contributed by atoms with E-state index in [0.717, 1.165) is 6.42 Å². The van der Waals surface area contributed by atoms with Crippen molar-refractivity contribution in [3.05, 3.63) is 0 Å². The molecule has 23 heavy (non-hydrogen) atoms. The van der Waals surface area contributed by atoms with Crippen LogP contribution in [0.3, 0.4) is 0 Å². The van der Waals surface area contributed by atoms with Crippen LogP contribution in [0.25, 0.3) is 0 Å². The van der Waals surface area contributed by atoms with Crippen LogP contribution in [0.4, 0.5) is 4.79 Å². The highest BCUT2D eigenvalue weighted by atomic mass is 32.1. The van der Waals surface area contributed by atoms with Gasteiger partial charge in [0.2, 0.25) is 0 Å². The molecule has 1 atom stereocenters. The van der Waals surface area contributed by atoms with E-state index in [0.29, 0.717) is 0 Å². The fourth-order valence-corrected chi connectivity index (χ4v) is 3.33. The first-order chi connectivity index (χ1) is 11.2. The molecule has 0 fully saturated rings. The Bertz CT molecular complexity index is 258. The Hall–Kier alpha value is -0.180. The number of carbonyl (C=O) groups excluding carboxylic acids is 1. The van der Waals surface area contributed by atoms with E-state index in [2.05, 4.69) is 31.8 Å². The fraction of sp³-hybridized carbons (Fsp3) is 0.950. The van der Waals surface area contributed by atoms with Gasteiger partial charge in [-0.3, -0.25) is 4.79 Å². The zero-order valence-electron chi connectivity index (χ0n) is 15.7. The van der Waals surface area contributed by atoms with E-state index in [9.17, 15) is 4.79 Å². The number of carbonyl (C=O) groups is 1. The molecule has 1 unspecified atom stereocenters. The maximum Gasteiger partial charge on any atom is 0.276 e. The summed E-state index contributed by atoms with van der Waals surface area (Å²) in [5.41, 5.74) is 0. The van der Waals surface area contributed by atoms with Crippen LogP contribution in [0.5, 0.6) is 0 Å². The van der Waals surface area contributed by atoms with Crippen LogP contribution in [-0.2, 0) is 0 Å². The molecule has 0 saturated heterocycles. The van der Waals surface area contributed by atoms with Gasteiger partial charge in [-0.2, -0.15) is 0 Å². The van der Waals surface area contributed by atoms with E-state index in [-0.39, 0.29) is 11.3 Å². The molecule has 0 radical (unpaired) electrons. The molecule has 3 heteroatoms. The minimum atomic E-state index is -0.210. The molecule has 1 N–H and O–H groups in total. The van der Waals surface area contributed by atoms with Crippen molar-refractivity contribution < 1.29 is 4.79 Å². The summed E-state index contributed by atoms with van der Waals surface area (Å²) in [6.07, 6.45) is 22.0. The van der Waals surface area contributed by atoms with Crippen LogP contribution < -0.4 is 5.32 Å². The first-order valence-corrected chi connectivity index (χ1v) is 10.6. The van der Waals surface area contributed by atoms with Gasteiger partial charge in [0.25, 0.3) is 5.24 Å². The lowest BCUT2D eigenvalue weighted by Gasteiger charge is -2.11. The topological polar surface area (TPSA) is 29.1 Å². The van der Waals surface area contributed by atoms with E-state index < -0.39 is 0 Å². The zero-order valence-corrected chi connectivity index (χ0v) is 16.6. The van der Waals surface area contributed by atoms with Gasteiger partial charge >= 0.3 is 0 Å². The molecule has 0 saturated carbocycles. The van der Waals surface area contributed by atoms with Crippen LogP contribution in [0, 0.1) is 0 Å². The molecule has 0 aromatic rings. The van der Waals surface area contributed by atoms with Crippen molar-refractivity contribution in [3.63, 3.8) is 0 Å². The predicted octanol–water partition coefficient (Wildman–Crippen LogP) is 7.28. The molecule has 1 amide bonds. The first-order valence-electron chi connectivity index (χ1n) is 10.2. The third kappa shape index (κ3) is 19.8. The van der Waals surface area contributed by atoms with Gasteiger partial charge in [-0.05, 0) is 13.3 Å². The first kappa shape index (κ1) is 22.8. The monoisotopic (exact) mass is 343 g/mol. The second-order valence-electron chi connectivity index (χ2n) is 7.09. The predicted molar refractivity (Wildman–Crippen MR) is 107 cm³/mol. The SMILES string of the molecule is CCCCCCCCCCCCCCCCCC(C)NC(=O)S. The smallest absolute Gasteiger partial charge is 0.276 e. The van der Waals surface area contributed by atoms with Gasteiger partial charge < -0.3 is 5.32 Å². The molecular formula is C20H41NOS. The van der Waals surface area contributed by atoms with E-state index in [1.165, 1.54) is 96.3 Å². The van der Waals surface area contributed by atoms with E-state index in [1.807, 2.05) is 0 Å². The van der Waals surface area contributed by atoms with Crippen molar-refractivity contribution in [1.29, 1.82) is 0 Å². The van der Waals surface area contributed by atoms with Gasteiger partial charge in [0.15, 0.2) is 0 Å². The van der Waals surface area contributed by atoms with E-state index in [4.69, 9.17) is 0 Å². The Morgan fingerprint density at radius 2 is 1.09 bits per heavy atom. The molecule has 0 rings (SSSR count). The molecule has 0 aliphatic carbocycles. The number of rotatable bonds is 17. The lowest BCUT2D eigenvalue weighted by atomic mass is 10.0. The highest BCUT2D eigenvalue weighted by Gasteiger charge is 2.02. The second-order valence-corrected chi connectivity index (χ2v) is 7.50. The minimum Gasteiger partial charge on any atom is -0.345 e. The summed E-state index contributed by atoms with van der Waals surface area (Å²) in [5.74, 6) is 0. The highest BCUT2D eigenvalue weighted by Crippen LogP contribution is 2.14. The maximum atomic E-state index is 10.8. The van der Waals surface area contributed by atoms with Crippen molar-refractivity contribution in [3.8, 4) is 0 Å². The molecule has 138 valence electrons. The summed E-state index contributed by atoms with van der Waals surface area (Å²) >= 11 is 3.74. The number of nitrogens with one attached hydrogen (secondary N) is 1. The summed E-state index contributed by atoms with van der Waals surface area (Å²) in [4.78, 5) is 10.8. The van der Waals surface area contributed by atoms with Gasteiger partial charge in [-0.1, -0.05) is 116 Å². The van der Waals surface area contributed by atoms with Gasteiger partial charge in [0.1, 0.15) is 0 Å². The molecule has 0 aromatic carbocycles. The molecule has 0 aromatic heterocycles. The Balaban J connectivity index is 3.06. The lowest BCUT2D eigenvalue weighted by Crippen LogP contribution is -2.27. The molecule has 2 nitrogen and oxygen atoms in total. The third-order valence-corrected chi connectivity index (χ3v) is 4.74. The summed E-state index contributed by atoms with van der Waals surface area (Å²) in [5, 5.41) is 2.61. The maximum absolute atomic E-state index is 10.8. The van der Waals surface area contributed by atoms with Crippen molar-refractivity contribution >= 4 is 17.9 Å². The second kappa shape index (κ2) is 18.2. The summed E-state index contributed by atoms with van der Waals surface area (Å²) in [6, 6.07) is 0.266. The number of hydrogen-bond donors (Lipinski definition) is 2. The average molecular weight is 344 g/mol. The largest absolute Gasteiger partial charge is 0.345 e. The minimum absolute atomic E-state index is 0.210. The van der Waals surface area contributed by atoms with Gasteiger partial charge in [0.05, 0.1) is 0 Å². The average Bonchev–Trinajstić information content (AvgIpc) is 2.50. The molecule has 0 aliphatic rings. The quantitative estimate of drug-likeness (QED) is 0.211. The van der Waals surface area contributed by atoms with Crippen LogP contribution in [0.2, 0.25) is 0 Å². The lowest BCUT2D eigenvalue weighted by molar-refractivity contribution is 0.257. The van der Waals surface area contributed by atoms with Gasteiger partial charge in [-0.25, -0.2) is 0 Å². The summed E-state index contributed by atoms with van der Waals surface area (Å²) in [7, 11) is 0. The Kier molecular flexibility index (Phi) is 18.0. The van der Waals surface area contributed by atoms with Gasteiger partial charge in [-0.15, -0.1) is 0 Å². The van der Waals surface area contributed by atoms with Gasteiger partial charge in [0, 0.05) is 6.04 Å². The van der Waals surface area contributed by atoms with Crippen molar-refractivity contribution in [2.45, 2.75) is 123 Å². The summed E-state index contributed by atoms with van der Waals surface area (Å²) < 4.78 is 0. The van der Waals surface area contributed by atoms with Crippen molar-refractivity contribution in [1.82, 2.24) is 5.32 Å². The Morgan fingerprint density at radius 1 is 0.739 bits per heavy atom. The van der Waals surface area contributed by atoms with Crippen molar-refractivity contribution in [2.24, 2.45) is 0 Å². The molecule has 0 heterocycles. The van der Waals surface area contributed by atoms with E-state index in [1.54, 1.807) is 0 Å². The van der Waals surface area contributed by atoms with Crippen LogP contribution >= 0.6 is 12.6 Å². The summed E-state index contributed by atoms with van der Waals surface area (Å²) in [6.45, 7) is 4.33. The highest BCUT2D eigenvalue weighted by molar-refractivity contribution is 7.96. The number of amides is 1. The Labute approximate surface area is 151 Å². The molecule has 0 bridgehead atoms. The van der Waals surface area contributed by atoms with Crippen molar-refractivity contribution in [2.75, 3.05) is 0 Å². The number of thiol groups is 1. The number of hydrogen-bond acceptors (Lipinski definition) is 1. The fourth-order valence-electron chi connectivity index (χ4n) is 3.10. The zero-order chi connectivity index (χ0) is 17.2. The third-order valence-electron chi connectivity index (χ3n) is 4.61. The Morgan fingerprint density at radius 3 is 1.43 bits per heavy atom. The standard InChI is InChI=1S/C20H41NOS/c1-3-4-5-6-7-8-9-10-11-12-13-14-15-16-17-18-19(2)21-20(22)23/h19H,3-18H2,1-2H3,(H2,21,22,23). The molecular weight excluding hydrogens is 302 g/mol. The van der Waals surface area contributed by atoms with Crippen LogP contribution in [0.15, 0.2) is 0 Å². The number of unbranched alkanes of at least 4 members (excludes halogenated alkanes) is 14.